The molecule has 1 N–H and O–H groups in total. The zero-order valence-corrected chi connectivity index (χ0v) is 5.61. The van der Waals surface area contributed by atoms with E-state index in [1.54, 1.807) is 0 Å². The van der Waals surface area contributed by atoms with Gasteiger partial charge in [0.15, 0.2) is 0 Å². The van der Waals surface area contributed by atoms with Gasteiger partial charge in [-0.1, -0.05) is 0 Å². The summed E-state index contributed by atoms with van der Waals surface area (Å²) in [7, 11) is 0. The Labute approximate surface area is 63.7 Å². The van der Waals surface area contributed by atoms with Crippen LogP contribution < -0.4 is 5.32 Å². The van der Waals surface area contributed by atoms with Crippen molar-refractivity contribution in [3.63, 3.8) is 0 Å². The summed E-state index contributed by atoms with van der Waals surface area (Å²) in [5.74, 6) is 1.41. The molecule has 54 valence electrons. The van der Waals surface area contributed by atoms with E-state index in [1.165, 1.54) is 18.7 Å². The van der Waals surface area contributed by atoms with E-state index in [1.807, 2.05) is 5.92 Å². The van der Waals surface area contributed by atoms with Crippen molar-refractivity contribution in [3.05, 3.63) is 18.7 Å². The Hall–Kier alpha value is -1.89. The fourth-order valence-corrected chi connectivity index (χ4v) is 0.531. The topological polar surface area (TPSA) is 54.9 Å². The van der Waals surface area contributed by atoms with Crippen LogP contribution in [0.25, 0.3) is 0 Å². The Kier molecular flexibility index (Phi) is 2.18. The summed E-state index contributed by atoms with van der Waals surface area (Å²) in [6, 6.07) is 0. The molecule has 0 aliphatic rings. The summed E-state index contributed by atoms with van der Waals surface area (Å²) in [4.78, 5) is 17.9. The molecular weight excluding hydrogens is 142 g/mol. The van der Waals surface area contributed by atoms with Gasteiger partial charge >= 0.3 is 0 Å². The molecule has 0 bridgehead atoms. The molecule has 0 saturated carbocycles. The number of anilines is 1. The molecule has 0 saturated heterocycles. The highest BCUT2D eigenvalue weighted by atomic mass is 16.1. The first-order valence-corrected chi connectivity index (χ1v) is 2.85. The first-order chi connectivity index (χ1) is 5.33. The fraction of sp³-hybridized carbons (Fsp3) is 0. The summed E-state index contributed by atoms with van der Waals surface area (Å²) in [5.41, 5.74) is 0.496. The Bertz CT molecular complexity index is 288. The molecule has 0 fully saturated rings. The smallest absolute Gasteiger partial charge is 0.300 e. The van der Waals surface area contributed by atoms with E-state index >= 15 is 0 Å². The number of rotatable bonds is 1. The standard InChI is InChI=1S/C7H5N3O/c1-2-7(11)10-6-3-8-5-9-4-6/h1,3-5H,(H,10,11). The van der Waals surface area contributed by atoms with Gasteiger partial charge in [-0.15, -0.1) is 6.42 Å². The van der Waals surface area contributed by atoms with E-state index < -0.39 is 5.91 Å². The van der Waals surface area contributed by atoms with Crippen LogP contribution in [0.3, 0.4) is 0 Å². The molecule has 0 spiro atoms. The number of aromatic nitrogens is 2. The molecule has 4 heteroatoms. The van der Waals surface area contributed by atoms with Gasteiger partial charge < -0.3 is 5.32 Å². The second-order valence-corrected chi connectivity index (χ2v) is 1.73. The summed E-state index contributed by atoms with van der Waals surface area (Å²) < 4.78 is 0. The third-order valence-electron chi connectivity index (χ3n) is 0.950. The van der Waals surface area contributed by atoms with Gasteiger partial charge in [0.05, 0.1) is 18.1 Å². The van der Waals surface area contributed by atoms with Gasteiger partial charge in [0.25, 0.3) is 5.91 Å². The monoisotopic (exact) mass is 147 g/mol. The third kappa shape index (κ3) is 2.06. The number of amides is 1. The van der Waals surface area contributed by atoms with Gasteiger partial charge in [0.1, 0.15) is 6.33 Å². The van der Waals surface area contributed by atoms with E-state index in [4.69, 9.17) is 6.42 Å². The second-order valence-electron chi connectivity index (χ2n) is 1.73. The van der Waals surface area contributed by atoms with Gasteiger partial charge in [-0.2, -0.15) is 0 Å². The number of hydrogen-bond acceptors (Lipinski definition) is 3. The van der Waals surface area contributed by atoms with Gasteiger partial charge in [0, 0.05) is 0 Å². The van der Waals surface area contributed by atoms with Crippen LogP contribution in [0, 0.1) is 12.3 Å². The first-order valence-electron chi connectivity index (χ1n) is 2.85. The minimum atomic E-state index is -0.500. The Morgan fingerprint density at radius 3 is 2.73 bits per heavy atom. The predicted molar refractivity (Wildman–Crippen MR) is 39.5 cm³/mol. The quantitative estimate of drug-likeness (QED) is 0.571. The van der Waals surface area contributed by atoms with E-state index in [2.05, 4.69) is 15.3 Å². The zero-order chi connectivity index (χ0) is 8.10. The minimum Gasteiger partial charge on any atom is -0.312 e. The van der Waals surface area contributed by atoms with E-state index in [-0.39, 0.29) is 0 Å². The lowest BCUT2D eigenvalue weighted by molar-refractivity contribution is -0.111. The molecule has 0 radical (unpaired) electrons. The highest BCUT2D eigenvalue weighted by Gasteiger charge is 1.95. The summed E-state index contributed by atoms with van der Waals surface area (Å²) in [6.07, 6.45) is 9.10. The summed E-state index contributed by atoms with van der Waals surface area (Å²) in [5, 5.41) is 2.39. The highest BCUT2D eigenvalue weighted by Crippen LogP contribution is 1.98. The van der Waals surface area contributed by atoms with Gasteiger partial charge in [-0.3, -0.25) is 4.79 Å². The maximum absolute atomic E-state index is 10.6. The molecule has 1 heterocycles. The Morgan fingerprint density at radius 1 is 1.55 bits per heavy atom. The molecule has 1 rings (SSSR count). The lowest BCUT2D eigenvalue weighted by atomic mass is 10.5. The predicted octanol–water partition coefficient (Wildman–Crippen LogP) is 0.0483. The molecule has 11 heavy (non-hydrogen) atoms. The molecule has 4 nitrogen and oxygen atoms in total. The van der Waals surface area contributed by atoms with Crippen LogP contribution in [0.2, 0.25) is 0 Å². The lowest BCUT2D eigenvalue weighted by Gasteiger charge is -1.96. The molecule has 0 atom stereocenters. The van der Waals surface area contributed by atoms with Crippen molar-refractivity contribution in [2.75, 3.05) is 5.32 Å². The SMILES string of the molecule is C#CC(=O)Nc1cncnc1. The second kappa shape index (κ2) is 3.32. The maximum atomic E-state index is 10.6. The van der Waals surface area contributed by atoms with Crippen molar-refractivity contribution >= 4 is 11.6 Å². The molecule has 1 amide bonds. The van der Waals surface area contributed by atoms with Crippen molar-refractivity contribution in [3.8, 4) is 12.3 Å². The number of carbonyl (C=O) groups is 1. The van der Waals surface area contributed by atoms with E-state index in [0.717, 1.165) is 0 Å². The Balaban J connectivity index is 2.67. The number of carbonyl (C=O) groups excluding carboxylic acids is 1. The van der Waals surface area contributed by atoms with Crippen LogP contribution in [-0.2, 0) is 4.79 Å². The fourth-order valence-electron chi connectivity index (χ4n) is 0.531. The van der Waals surface area contributed by atoms with Crippen LogP contribution in [0.15, 0.2) is 18.7 Å². The summed E-state index contributed by atoms with van der Waals surface area (Å²) in [6.45, 7) is 0. The van der Waals surface area contributed by atoms with Crippen LogP contribution in [0.4, 0.5) is 5.69 Å². The van der Waals surface area contributed by atoms with Gasteiger partial charge in [-0.05, 0) is 5.92 Å². The molecule has 1 aromatic rings. The largest absolute Gasteiger partial charge is 0.312 e. The molecular formula is C7H5N3O. The average Bonchev–Trinajstić information content (AvgIpc) is 2.06. The first kappa shape index (κ1) is 7.22. The zero-order valence-electron chi connectivity index (χ0n) is 5.61. The summed E-state index contributed by atoms with van der Waals surface area (Å²) >= 11 is 0. The normalized spacial score (nSPS) is 8.27. The van der Waals surface area contributed by atoms with Crippen LogP contribution in [0.5, 0.6) is 0 Å². The molecule has 0 aromatic carbocycles. The van der Waals surface area contributed by atoms with Crippen molar-refractivity contribution < 1.29 is 4.79 Å². The van der Waals surface area contributed by atoms with Crippen molar-refractivity contribution in [2.45, 2.75) is 0 Å². The molecule has 0 aliphatic heterocycles. The highest BCUT2D eigenvalue weighted by molar-refractivity contribution is 6.03. The molecule has 0 unspecified atom stereocenters. The molecule has 0 aliphatic carbocycles. The number of nitrogens with one attached hydrogen (secondary N) is 1. The maximum Gasteiger partial charge on any atom is 0.300 e. The van der Waals surface area contributed by atoms with Crippen LogP contribution in [-0.4, -0.2) is 15.9 Å². The lowest BCUT2D eigenvalue weighted by Crippen LogP contribution is -2.08. The van der Waals surface area contributed by atoms with Crippen molar-refractivity contribution in [1.29, 1.82) is 0 Å². The van der Waals surface area contributed by atoms with E-state index in [9.17, 15) is 4.79 Å². The van der Waals surface area contributed by atoms with Gasteiger partial charge in [0.2, 0.25) is 0 Å². The van der Waals surface area contributed by atoms with Crippen molar-refractivity contribution in [1.82, 2.24) is 9.97 Å². The minimum absolute atomic E-state index is 0.496. The van der Waals surface area contributed by atoms with Crippen molar-refractivity contribution in [2.24, 2.45) is 0 Å². The van der Waals surface area contributed by atoms with Crippen LogP contribution in [0.1, 0.15) is 0 Å². The van der Waals surface area contributed by atoms with Gasteiger partial charge in [-0.25, -0.2) is 9.97 Å². The average molecular weight is 147 g/mol. The number of hydrogen-bond donors (Lipinski definition) is 1. The molecule has 1 aromatic heterocycles. The Morgan fingerprint density at radius 2 is 2.18 bits per heavy atom. The van der Waals surface area contributed by atoms with Crippen LogP contribution >= 0.6 is 0 Å². The third-order valence-corrected chi connectivity index (χ3v) is 0.950. The number of terminal acetylenes is 1. The number of nitrogens with zero attached hydrogens (tertiary/aromatic N) is 2. The van der Waals surface area contributed by atoms with E-state index in [0.29, 0.717) is 5.69 Å².